The molecule has 2 fully saturated rings. The molecule has 5 rings (SSSR count). The first-order valence-corrected chi connectivity index (χ1v) is 20.2. The minimum Gasteiger partial charge on any atom is -0.542 e. The first-order valence-electron chi connectivity index (χ1n) is 17.9. The molecule has 2 unspecified atom stereocenters. The van der Waals surface area contributed by atoms with Crippen molar-refractivity contribution >= 4 is 62.3 Å². The van der Waals surface area contributed by atoms with E-state index in [1.165, 1.54) is 19.2 Å². The predicted molar refractivity (Wildman–Crippen MR) is 203 cm³/mol. The summed E-state index contributed by atoms with van der Waals surface area (Å²) in [4.78, 5) is 64.8. The minimum absolute atomic E-state index is 0.0510. The number of halogens is 6. The van der Waals surface area contributed by atoms with Gasteiger partial charge in [0.05, 0.1) is 23.4 Å². The van der Waals surface area contributed by atoms with Gasteiger partial charge in [-0.05, 0) is 31.5 Å². The Labute approximate surface area is 365 Å². The van der Waals surface area contributed by atoms with Crippen molar-refractivity contribution in [2.45, 2.75) is 63.1 Å². The fourth-order valence-electron chi connectivity index (χ4n) is 5.20. The molecule has 65 heavy (non-hydrogen) atoms. The third-order valence-electron chi connectivity index (χ3n) is 8.60. The highest BCUT2D eigenvalue weighted by molar-refractivity contribution is 7.80. The van der Waals surface area contributed by atoms with Crippen LogP contribution in [0, 0.1) is 5.92 Å². The summed E-state index contributed by atoms with van der Waals surface area (Å²) in [5.74, 6) is -8.47. The number of amides is 2. The number of alkyl halides is 6. The molecule has 0 radical (unpaired) electrons. The molecule has 32 heteroatoms. The highest BCUT2D eigenvalue weighted by atomic mass is 32.3. The van der Waals surface area contributed by atoms with E-state index in [0.29, 0.717) is 23.3 Å². The molecular weight excluding hydrogens is 941 g/mol. The van der Waals surface area contributed by atoms with Gasteiger partial charge < -0.3 is 56.9 Å². The van der Waals surface area contributed by atoms with Gasteiger partial charge >= 0.3 is 34.7 Å². The summed E-state index contributed by atoms with van der Waals surface area (Å²) in [7, 11) is -5.03. The molecule has 2 aliphatic rings. The molecule has 2 aliphatic heterocycles. The summed E-state index contributed by atoms with van der Waals surface area (Å²) in [6.07, 6.45) is -8.78. The first-order chi connectivity index (χ1) is 29.9. The number of nitrogens with two attached hydrogens (primary N) is 2. The fraction of sp³-hybridized carbons (Fsp3) is 0.455. The number of aromatic nitrogens is 3. The topological polar surface area (TPSA) is 365 Å². The predicted octanol–water partition coefficient (Wildman–Crippen LogP) is -1.95. The number of nitrogen functional groups attached to an aromatic ring is 1. The lowest BCUT2D eigenvalue weighted by Crippen LogP contribution is -2.76. The van der Waals surface area contributed by atoms with Gasteiger partial charge in [0.2, 0.25) is 6.20 Å². The summed E-state index contributed by atoms with van der Waals surface area (Å²) in [6.45, 7) is 5.25. The number of thiazole rings is 1. The Morgan fingerprint density at radius 3 is 2.12 bits per heavy atom. The van der Waals surface area contributed by atoms with E-state index in [9.17, 15) is 59.4 Å². The number of carboxylic acid groups (broad SMARTS) is 3. The third kappa shape index (κ3) is 15.5. The monoisotopic (exact) mass is 979 g/mol. The van der Waals surface area contributed by atoms with Gasteiger partial charge in [-0.15, -0.1) is 20.3 Å². The average molecular weight is 980 g/mol. The highest BCUT2D eigenvalue weighted by Gasteiger charge is 2.58. The number of ether oxygens (including phenoxy) is 1. The lowest BCUT2D eigenvalue weighted by molar-refractivity contribution is -0.781. The Balaban J connectivity index is 0.000000693. The van der Waals surface area contributed by atoms with Crippen LogP contribution in [0.1, 0.15) is 19.5 Å². The van der Waals surface area contributed by atoms with Crippen molar-refractivity contribution in [1.82, 2.24) is 25.4 Å². The largest absolute Gasteiger partial charge is 0.542 e. The standard InChI is InChI=1S/C29H37N9O11S2.2C2HF3O2/c1-29(2)24(26(41)38(29)49-51(44,45)46)34-25(40)23(21-15-50-28(31)33-21)35-48-22(27(42)43)14-47-20-5-3-17(4-6-20)18-11-36(10-16-8-32-9-16)37(12-18)13-19(39)7-30;2*3-2(4,5)1(6)7/h3-6,11-12,15-16,19,22,24,32,39H,7-10,13-14,30H2,1-2H3,(H4-,31,33,34,40,42,43,44,45,46);2*(H,6,7)/b35-23-;;/t19?,22?,24-;;/m1../s1. The third-order valence-corrected chi connectivity index (χ3v) is 9.61. The van der Waals surface area contributed by atoms with Crippen molar-refractivity contribution in [3.8, 4) is 16.9 Å². The average Bonchev–Trinajstić information content (AvgIpc) is 3.80. The number of aliphatic hydroxyl groups excluding tert-OH is 1. The van der Waals surface area contributed by atoms with Crippen molar-refractivity contribution in [3.05, 3.63) is 47.7 Å². The molecule has 0 aliphatic carbocycles. The number of benzene rings is 1. The van der Waals surface area contributed by atoms with Gasteiger partial charge in [-0.3, -0.25) is 14.1 Å². The van der Waals surface area contributed by atoms with E-state index in [4.69, 9.17) is 45.4 Å². The molecule has 2 saturated heterocycles. The molecule has 2 amide bonds. The Bertz CT molecular complexity index is 2270. The quantitative estimate of drug-likeness (QED) is 0.0182. The number of carboxylic acids is 3. The Hall–Kier alpha value is -6.19. The van der Waals surface area contributed by atoms with Crippen LogP contribution in [-0.4, -0.2) is 141 Å². The molecule has 4 heterocycles. The number of nitrogens with zero attached hydrogens (tertiary/aromatic N) is 5. The molecule has 3 atom stereocenters. The number of β-lactam (4-membered cyclic amide) rings is 1. The molecule has 2 aromatic heterocycles. The van der Waals surface area contributed by atoms with Gasteiger partial charge in [-0.25, -0.2) is 14.6 Å². The Morgan fingerprint density at radius 2 is 1.69 bits per heavy atom. The van der Waals surface area contributed by atoms with Gasteiger partial charge in [-0.2, -0.15) is 44.5 Å². The Morgan fingerprint density at radius 1 is 1.11 bits per heavy atom. The maximum Gasteiger partial charge on any atom is 0.490 e. The van der Waals surface area contributed by atoms with E-state index in [1.54, 1.807) is 24.3 Å². The SMILES string of the molecule is CC1(C)[C@H](NC(=O)/C(=N\OC(COc2ccc(-c3cn(CC(O)CN)[n+](CC4CNC4)c3)cc2)C(=O)O)c2csc(N)n2)C(=O)N1OS(=O)(=O)O.O=C(O)C(F)(F)F.O=C([O-])C(F)(F)F. The summed E-state index contributed by atoms with van der Waals surface area (Å²) in [6, 6.07) is 5.54. The normalized spacial score (nSPS) is 17.2. The van der Waals surface area contributed by atoms with Gasteiger partial charge in [0.25, 0.3) is 17.9 Å². The molecule has 0 bridgehead atoms. The molecule has 10 N–H and O–H groups in total. The van der Waals surface area contributed by atoms with E-state index in [2.05, 4.69) is 25.1 Å². The number of hydroxylamine groups is 2. The van der Waals surface area contributed by atoms with E-state index >= 15 is 0 Å². The number of rotatable bonds is 17. The second kappa shape index (κ2) is 21.7. The smallest absolute Gasteiger partial charge is 0.490 e. The van der Waals surface area contributed by atoms with Gasteiger partial charge in [0, 0.05) is 30.9 Å². The van der Waals surface area contributed by atoms with E-state index in [0.717, 1.165) is 42.1 Å². The second-order valence-electron chi connectivity index (χ2n) is 13.9. The van der Waals surface area contributed by atoms with Crippen LogP contribution in [-0.2, 0) is 56.6 Å². The van der Waals surface area contributed by atoms with Crippen LogP contribution in [0.3, 0.4) is 0 Å². The van der Waals surface area contributed by atoms with Crippen LogP contribution in [0.2, 0.25) is 0 Å². The molecule has 24 nitrogen and oxygen atoms in total. The van der Waals surface area contributed by atoms with Crippen molar-refractivity contribution in [2.24, 2.45) is 16.8 Å². The number of carbonyl (C=O) groups is 5. The number of oxime groups is 1. The first kappa shape index (κ1) is 53.2. The molecule has 1 aromatic carbocycles. The molecule has 3 aromatic rings. The highest BCUT2D eigenvalue weighted by Crippen LogP contribution is 2.33. The van der Waals surface area contributed by atoms with Gasteiger partial charge in [0.1, 0.15) is 36.6 Å². The number of nitrogens with one attached hydrogen (secondary N) is 2. The molecular formula is C33H39F6N9O15S2. The van der Waals surface area contributed by atoms with Crippen LogP contribution in [0.25, 0.3) is 11.1 Å². The van der Waals surface area contributed by atoms with E-state index in [1.807, 2.05) is 21.8 Å². The Kier molecular flexibility index (Phi) is 17.7. The van der Waals surface area contributed by atoms with Crippen LogP contribution in [0.15, 0.2) is 47.2 Å². The fourth-order valence-corrected chi connectivity index (χ4v) is 6.20. The van der Waals surface area contributed by atoms with Crippen LogP contribution in [0.4, 0.5) is 31.5 Å². The number of aliphatic carboxylic acids is 3. The van der Waals surface area contributed by atoms with Crippen molar-refractivity contribution < 1.29 is 102 Å². The minimum atomic E-state index is -5.19. The maximum atomic E-state index is 13.3. The summed E-state index contributed by atoms with van der Waals surface area (Å²) >= 11 is 0.953. The zero-order chi connectivity index (χ0) is 49.2. The van der Waals surface area contributed by atoms with Crippen molar-refractivity contribution in [3.63, 3.8) is 0 Å². The lowest BCUT2D eigenvalue weighted by atomic mass is 9.84. The molecule has 0 saturated carbocycles. The van der Waals surface area contributed by atoms with Crippen molar-refractivity contribution in [1.29, 1.82) is 0 Å². The van der Waals surface area contributed by atoms with Crippen molar-refractivity contribution in [2.75, 3.05) is 32.0 Å². The van der Waals surface area contributed by atoms with Gasteiger partial charge in [0.15, 0.2) is 17.4 Å². The number of hydrogen-bond acceptors (Lipinski definition) is 18. The second-order valence-corrected chi connectivity index (χ2v) is 15.8. The summed E-state index contributed by atoms with van der Waals surface area (Å²) in [5.41, 5.74) is 11.0. The van der Waals surface area contributed by atoms with E-state index in [-0.39, 0.29) is 17.4 Å². The zero-order valence-corrected chi connectivity index (χ0v) is 35.0. The molecule has 360 valence electrons. The van der Waals surface area contributed by atoms with Crippen LogP contribution in [0.5, 0.6) is 5.75 Å². The summed E-state index contributed by atoms with van der Waals surface area (Å²) < 4.78 is 108. The molecule has 0 spiro atoms. The number of hydrogen-bond donors (Lipinski definition) is 8. The number of anilines is 1. The van der Waals surface area contributed by atoms with Crippen LogP contribution >= 0.6 is 11.3 Å². The van der Waals surface area contributed by atoms with Gasteiger partial charge in [-0.1, -0.05) is 17.3 Å². The summed E-state index contributed by atoms with van der Waals surface area (Å²) in [5, 5.41) is 47.0. The maximum absolute atomic E-state index is 13.3. The number of aliphatic hydroxyl groups is 1. The van der Waals surface area contributed by atoms with E-state index < -0.39 is 88.6 Å². The van der Waals surface area contributed by atoms with Crippen LogP contribution < -0.4 is 36.6 Å². The lowest BCUT2D eigenvalue weighted by Gasteiger charge is -2.50. The zero-order valence-electron chi connectivity index (χ0n) is 33.3. The number of carbonyl (C=O) groups excluding carboxylic acids is 3.